The van der Waals surface area contributed by atoms with Gasteiger partial charge in [0.15, 0.2) is 5.11 Å². The van der Waals surface area contributed by atoms with Crippen LogP contribution in [0.3, 0.4) is 0 Å². The molecule has 2 aromatic carbocycles. The van der Waals surface area contributed by atoms with Gasteiger partial charge in [0.05, 0.1) is 23.6 Å². The lowest BCUT2D eigenvalue weighted by Gasteiger charge is -2.11. The van der Waals surface area contributed by atoms with Crippen LogP contribution in [-0.2, 0) is 6.54 Å². The number of benzene rings is 2. The fraction of sp³-hybridized carbons (Fsp3) is 0.158. The first-order valence-electron chi connectivity index (χ1n) is 8.04. The highest BCUT2D eigenvalue weighted by molar-refractivity contribution is 9.10. The normalized spacial score (nSPS) is 10.6. The van der Waals surface area contributed by atoms with Crippen molar-refractivity contribution < 1.29 is 4.39 Å². The summed E-state index contributed by atoms with van der Waals surface area (Å²) < 4.78 is 16.3. The summed E-state index contributed by atoms with van der Waals surface area (Å²) in [5.74, 6) is -0.313. The summed E-state index contributed by atoms with van der Waals surface area (Å²) in [4.78, 5) is 0. The molecule has 0 saturated heterocycles. The molecule has 0 unspecified atom stereocenters. The molecular formula is C19H18BrFN4S. The number of anilines is 2. The van der Waals surface area contributed by atoms with E-state index in [1.807, 2.05) is 30.7 Å². The number of aryl methyl sites for hydroxylation is 1. The fourth-order valence-electron chi connectivity index (χ4n) is 2.64. The van der Waals surface area contributed by atoms with Gasteiger partial charge in [-0.1, -0.05) is 34.1 Å². The summed E-state index contributed by atoms with van der Waals surface area (Å²) in [6.45, 7) is 4.59. The van der Waals surface area contributed by atoms with Crippen molar-refractivity contribution in [2.75, 3.05) is 10.6 Å². The maximum absolute atomic E-state index is 13.3. The van der Waals surface area contributed by atoms with Crippen molar-refractivity contribution in [3.8, 4) is 0 Å². The molecule has 3 aromatic rings. The number of nitrogens with zero attached hydrogens (tertiary/aromatic N) is 2. The van der Waals surface area contributed by atoms with Crippen LogP contribution in [0.2, 0.25) is 0 Å². The van der Waals surface area contributed by atoms with Crippen LogP contribution in [0.1, 0.15) is 17.0 Å². The molecule has 0 radical (unpaired) electrons. The second kappa shape index (κ2) is 7.97. The average Bonchev–Trinajstić information content (AvgIpc) is 2.84. The van der Waals surface area contributed by atoms with E-state index in [9.17, 15) is 4.39 Å². The summed E-state index contributed by atoms with van der Waals surface area (Å²) in [5.41, 5.74) is 4.44. The molecule has 1 heterocycles. The second-order valence-corrected chi connectivity index (χ2v) is 7.24. The number of rotatable bonds is 4. The molecule has 2 N–H and O–H groups in total. The van der Waals surface area contributed by atoms with Gasteiger partial charge >= 0.3 is 0 Å². The third-order valence-electron chi connectivity index (χ3n) is 3.95. The zero-order chi connectivity index (χ0) is 18.7. The summed E-state index contributed by atoms with van der Waals surface area (Å²) in [7, 11) is 0. The lowest BCUT2D eigenvalue weighted by Crippen LogP contribution is -2.20. The Balaban J connectivity index is 1.73. The van der Waals surface area contributed by atoms with Crippen molar-refractivity contribution in [1.29, 1.82) is 0 Å². The Morgan fingerprint density at radius 3 is 2.58 bits per heavy atom. The molecule has 7 heteroatoms. The van der Waals surface area contributed by atoms with Crippen molar-refractivity contribution in [3.63, 3.8) is 0 Å². The molecule has 0 amide bonds. The maximum atomic E-state index is 13.3. The lowest BCUT2D eigenvalue weighted by atomic mass is 10.2. The molecular weight excluding hydrogens is 415 g/mol. The van der Waals surface area contributed by atoms with Gasteiger partial charge in [-0.05, 0) is 62.0 Å². The Morgan fingerprint density at radius 2 is 1.88 bits per heavy atom. The minimum Gasteiger partial charge on any atom is -0.332 e. The first kappa shape index (κ1) is 18.5. The van der Waals surface area contributed by atoms with Crippen molar-refractivity contribution in [3.05, 3.63) is 75.8 Å². The summed E-state index contributed by atoms with van der Waals surface area (Å²) >= 11 is 8.79. The molecule has 0 spiro atoms. The van der Waals surface area contributed by atoms with Crippen LogP contribution in [-0.4, -0.2) is 14.9 Å². The average molecular weight is 433 g/mol. The highest BCUT2D eigenvalue weighted by Gasteiger charge is 2.13. The molecule has 0 bridgehead atoms. The van der Waals surface area contributed by atoms with E-state index in [4.69, 9.17) is 12.2 Å². The van der Waals surface area contributed by atoms with E-state index < -0.39 is 0 Å². The molecule has 1 aromatic heterocycles. The van der Waals surface area contributed by atoms with Crippen molar-refractivity contribution >= 4 is 44.6 Å². The van der Waals surface area contributed by atoms with Gasteiger partial charge in [-0.2, -0.15) is 5.10 Å². The van der Waals surface area contributed by atoms with Gasteiger partial charge in [0.1, 0.15) is 5.82 Å². The standard InChI is InChI=1S/C19H18BrFN4S/c1-12-18(23-19(26)22-17-5-3-4-16(21)10-17)13(2)25(24-12)11-14-6-8-15(20)9-7-14/h3-10H,11H2,1-2H3,(H2,22,23,26). The van der Waals surface area contributed by atoms with Crippen LogP contribution in [0.25, 0.3) is 0 Å². The highest BCUT2D eigenvalue weighted by atomic mass is 79.9. The molecule has 0 aliphatic carbocycles. The topological polar surface area (TPSA) is 41.9 Å². The van der Waals surface area contributed by atoms with E-state index in [0.717, 1.165) is 27.1 Å². The number of hydrogen-bond acceptors (Lipinski definition) is 2. The van der Waals surface area contributed by atoms with Gasteiger partial charge in [-0.15, -0.1) is 0 Å². The summed E-state index contributed by atoms with van der Waals surface area (Å²) in [6.07, 6.45) is 0. The predicted octanol–water partition coefficient (Wildman–Crippen LogP) is 5.26. The van der Waals surface area contributed by atoms with E-state index in [1.54, 1.807) is 12.1 Å². The predicted molar refractivity (Wildman–Crippen MR) is 111 cm³/mol. The van der Waals surface area contributed by atoms with Crippen molar-refractivity contribution in [1.82, 2.24) is 9.78 Å². The van der Waals surface area contributed by atoms with Crippen LogP contribution in [0.5, 0.6) is 0 Å². The van der Waals surface area contributed by atoms with Gasteiger partial charge < -0.3 is 10.6 Å². The largest absolute Gasteiger partial charge is 0.332 e. The molecule has 26 heavy (non-hydrogen) atoms. The molecule has 4 nitrogen and oxygen atoms in total. The Kier molecular flexibility index (Phi) is 5.68. The fourth-order valence-corrected chi connectivity index (χ4v) is 3.12. The third kappa shape index (κ3) is 4.47. The SMILES string of the molecule is Cc1nn(Cc2ccc(Br)cc2)c(C)c1NC(=S)Nc1cccc(F)c1. The van der Waals surface area contributed by atoms with E-state index in [1.165, 1.54) is 12.1 Å². The molecule has 0 aliphatic rings. The van der Waals surface area contributed by atoms with Crippen LogP contribution in [0.4, 0.5) is 15.8 Å². The lowest BCUT2D eigenvalue weighted by molar-refractivity contribution is 0.628. The Morgan fingerprint density at radius 1 is 1.15 bits per heavy atom. The second-order valence-electron chi connectivity index (χ2n) is 5.92. The minimum atomic E-state index is -0.313. The van der Waals surface area contributed by atoms with E-state index in [0.29, 0.717) is 17.3 Å². The number of halogens is 2. The number of hydrogen-bond donors (Lipinski definition) is 2. The van der Waals surface area contributed by atoms with Crippen molar-refractivity contribution in [2.24, 2.45) is 0 Å². The van der Waals surface area contributed by atoms with Crippen LogP contribution in [0.15, 0.2) is 53.0 Å². The first-order valence-corrected chi connectivity index (χ1v) is 9.24. The molecule has 3 rings (SSSR count). The van der Waals surface area contributed by atoms with Gasteiger partial charge in [-0.3, -0.25) is 4.68 Å². The minimum absolute atomic E-state index is 0.313. The quantitative estimate of drug-likeness (QED) is 0.551. The molecule has 0 atom stereocenters. The Hall–Kier alpha value is -2.25. The van der Waals surface area contributed by atoms with Crippen molar-refractivity contribution in [2.45, 2.75) is 20.4 Å². The molecule has 134 valence electrons. The number of thiocarbonyl (C=S) groups is 1. The Bertz CT molecular complexity index is 937. The zero-order valence-electron chi connectivity index (χ0n) is 14.4. The number of aromatic nitrogens is 2. The smallest absolute Gasteiger partial charge is 0.175 e. The van der Waals surface area contributed by atoms with Crippen LogP contribution >= 0.6 is 28.1 Å². The van der Waals surface area contributed by atoms with E-state index in [-0.39, 0.29) is 5.82 Å². The third-order valence-corrected chi connectivity index (χ3v) is 4.68. The van der Waals surface area contributed by atoms with Crippen LogP contribution < -0.4 is 10.6 Å². The Labute approximate surface area is 165 Å². The van der Waals surface area contributed by atoms with Gasteiger partial charge in [-0.25, -0.2) is 4.39 Å². The van der Waals surface area contributed by atoms with E-state index in [2.05, 4.69) is 43.8 Å². The molecule has 0 aliphatic heterocycles. The molecule has 0 fully saturated rings. The van der Waals surface area contributed by atoms with E-state index >= 15 is 0 Å². The monoisotopic (exact) mass is 432 g/mol. The first-order chi connectivity index (χ1) is 12.4. The van der Waals surface area contributed by atoms with Gasteiger partial charge in [0.2, 0.25) is 0 Å². The van der Waals surface area contributed by atoms with Gasteiger partial charge in [0, 0.05) is 10.2 Å². The highest BCUT2D eigenvalue weighted by Crippen LogP contribution is 2.21. The number of nitrogens with one attached hydrogen (secondary N) is 2. The maximum Gasteiger partial charge on any atom is 0.175 e. The van der Waals surface area contributed by atoms with Gasteiger partial charge in [0.25, 0.3) is 0 Å². The molecule has 0 saturated carbocycles. The summed E-state index contributed by atoms with van der Waals surface area (Å²) in [5, 5.41) is 11.1. The van der Waals surface area contributed by atoms with Crippen LogP contribution in [0, 0.1) is 19.7 Å². The zero-order valence-corrected chi connectivity index (χ0v) is 16.8. The summed E-state index contributed by atoms with van der Waals surface area (Å²) in [6, 6.07) is 14.3.